The van der Waals surface area contributed by atoms with Gasteiger partial charge in [-0.2, -0.15) is 0 Å². The first-order valence-electron chi connectivity index (χ1n) is 8.25. The van der Waals surface area contributed by atoms with E-state index in [9.17, 15) is 4.79 Å². The summed E-state index contributed by atoms with van der Waals surface area (Å²) in [5.74, 6) is 0. The van der Waals surface area contributed by atoms with E-state index in [0.29, 0.717) is 5.69 Å². The molecule has 4 rings (SSSR count). The number of nitrogens with zero attached hydrogens (tertiary/aromatic N) is 2. The van der Waals surface area contributed by atoms with E-state index in [2.05, 4.69) is 29.6 Å². The van der Waals surface area contributed by atoms with Crippen LogP contribution >= 0.6 is 0 Å². The topological polar surface area (TPSA) is 39.0 Å². The van der Waals surface area contributed by atoms with Gasteiger partial charge in [0, 0.05) is 12.7 Å². The summed E-state index contributed by atoms with van der Waals surface area (Å²) in [5.41, 5.74) is 3.19. The van der Waals surface area contributed by atoms with Crippen molar-refractivity contribution in [2.45, 2.75) is 6.92 Å². The second-order valence-corrected chi connectivity index (χ2v) is 6.12. The Morgan fingerprint density at radius 1 is 0.840 bits per heavy atom. The summed E-state index contributed by atoms with van der Waals surface area (Å²) in [6, 6.07) is 24.0. The molecule has 1 heterocycles. The number of aromatic nitrogens is 2. The third-order valence-corrected chi connectivity index (χ3v) is 4.57. The fraction of sp³-hybridized carbons (Fsp3) is 0.0952. The zero-order valence-corrected chi connectivity index (χ0v) is 14.2. The number of nitrogens with one attached hydrogen (secondary N) is 1. The maximum absolute atomic E-state index is 13.0. The molecule has 0 aliphatic carbocycles. The molecular weight excluding hydrogens is 310 g/mol. The highest BCUT2D eigenvalue weighted by atomic mass is 16.1. The van der Waals surface area contributed by atoms with Gasteiger partial charge in [0.05, 0.1) is 11.4 Å². The lowest BCUT2D eigenvalue weighted by atomic mass is 10.1. The first-order chi connectivity index (χ1) is 12.1. The molecule has 1 aromatic heterocycles. The van der Waals surface area contributed by atoms with Crippen molar-refractivity contribution in [3.63, 3.8) is 0 Å². The molecule has 0 atom stereocenters. The third kappa shape index (κ3) is 2.62. The van der Waals surface area contributed by atoms with Gasteiger partial charge in [0.2, 0.25) is 0 Å². The second-order valence-electron chi connectivity index (χ2n) is 6.12. The van der Waals surface area contributed by atoms with Crippen LogP contribution in [0.25, 0.3) is 16.5 Å². The molecule has 4 aromatic rings. The Morgan fingerprint density at radius 2 is 1.52 bits per heavy atom. The number of hydrogen-bond acceptors (Lipinski definition) is 2. The quantitative estimate of drug-likeness (QED) is 0.606. The normalized spacial score (nSPS) is 11.0. The molecule has 0 aliphatic rings. The van der Waals surface area contributed by atoms with Crippen LogP contribution in [0.1, 0.15) is 5.69 Å². The largest absolute Gasteiger partial charge is 0.349 e. The average molecular weight is 329 g/mol. The predicted molar refractivity (Wildman–Crippen MR) is 103 cm³/mol. The molecule has 4 heteroatoms. The Kier molecular flexibility index (Phi) is 3.65. The number of fused-ring (bicyclic) bond motifs is 1. The molecule has 0 bridgehead atoms. The molecule has 3 aromatic carbocycles. The van der Waals surface area contributed by atoms with Crippen LogP contribution in [0.5, 0.6) is 0 Å². The number of rotatable bonds is 3. The van der Waals surface area contributed by atoms with E-state index in [1.807, 2.05) is 67.2 Å². The van der Waals surface area contributed by atoms with E-state index in [0.717, 1.165) is 22.5 Å². The number of para-hydroxylation sites is 1. The number of hydrogen-bond donors (Lipinski definition) is 1. The zero-order chi connectivity index (χ0) is 17.4. The van der Waals surface area contributed by atoms with Crippen LogP contribution in [-0.2, 0) is 7.05 Å². The maximum Gasteiger partial charge on any atom is 0.295 e. The van der Waals surface area contributed by atoms with Crippen LogP contribution in [0.2, 0.25) is 0 Å². The SMILES string of the molecule is Cc1c(Nc2ccc3ccccc3c2)c(=O)n(-c2ccccc2)n1C. The van der Waals surface area contributed by atoms with E-state index in [1.165, 1.54) is 5.39 Å². The summed E-state index contributed by atoms with van der Waals surface area (Å²) >= 11 is 0. The molecular formula is C21H19N3O. The third-order valence-electron chi connectivity index (χ3n) is 4.57. The summed E-state index contributed by atoms with van der Waals surface area (Å²) < 4.78 is 3.56. The standard InChI is InChI=1S/C21H19N3O/c1-15-20(21(25)24(23(15)2)19-10-4-3-5-11-19)22-18-13-12-16-8-6-7-9-17(16)14-18/h3-14,22H,1-2H3. The van der Waals surface area contributed by atoms with Crippen LogP contribution in [-0.4, -0.2) is 9.36 Å². The van der Waals surface area contributed by atoms with Crippen molar-refractivity contribution in [3.8, 4) is 5.69 Å². The van der Waals surface area contributed by atoms with Crippen LogP contribution in [0.4, 0.5) is 11.4 Å². The van der Waals surface area contributed by atoms with Gasteiger partial charge in [0.1, 0.15) is 5.69 Å². The molecule has 0 saturated carbocycles. The summed E-state index contributed by atoms with van der Waals surface area (Å²) in [5, 5.41) is 5.63. The molecule has 0 radical (unpaired) electrons. The highest BCUT2D eigenvalue weighted by Crippen LogP contribution is 2.23. The summed E-state index contributed by atoms with van der Waals surface area (Å²) in [4.78, 5) is 13.0. The predicted octanol–water partition coefficient (Wildman–Crippen LogP) is 4.38. The second kappa shape index (κ2) is 5.98. The van der Waals surface area contributed by atoms with Crippen LogP contribution in [0, 0.1) is 6.92 Å². The maximum atomic E-state index is 13.0. The van der Waals surface area contributed by atoms with Crippen LogP contribution < -0.4 is 10.9 Å². The highest BCUT2D eigenvalue weighted by molar-refractivity contribution is 5.86. The summed E-state index contributed by atoms with van der Waals surface area (Å²) in [6.07, 6.45) is 0. The van der Waals surface area contributed by atoms with Gasteiger partial charge in [0.25, 0.3) is 5.56 Å². The first-order valence-corrected chi connectivity index (χ1v) is 8.25. The van der Waals surface area contributed by atoms with E-state index in [1.54, 1.807) is 4.68 Å². The van der Waals surface area contributed by atoms with E-state index < -0.39 is 0 Å². The number of benzene rings is 3. The van der Waals surface area contributed by atoms with E-state index >= 15 is 0 Å². The van der Waals surface area contributed by atoms with Crippen molar-refractivity contribution in [1.82, 2.24) is 9.36 Å². The van der Waals surface area contributed by atoms with Crippen LogP contribution in [0.3, 0.4) is 0 Å². The fourth-order valence-electron chi connectivity index (χ4n) is 3.12. The smallest absolute Gasteiger partial charge is 0.295 e. The van der Waals surface area contributed by atoms with Gasteiger partial charge in [-0.25, -0.2) is 4.68 Å². The minimum Gasteiger partial charge on any atom is -0.349 e. The van der Waals surface area contributed by atoms with Crippen molar-refractivity contribution in [2.24, 2.45) is 7.05 Å². The molecule has 0 unspecified atom stereocenters. The van der Waals surface area contributed by atoms with E-state index in [4.69, 9.17) is 0 Å². The van der Waals surface area contributed by atoms with Gasteiger partial charge in [-0.3, -0.25) is 9.48 Å². The summed E-state index contributed by atoms with van der Waals surface area (Å²) in [6.45, 7) is 1.95. The highest BCUT2D eigenvalue weighted by Gasteiger charge is 2.16. The van der Waals surface area contributed by atoms with Crippen molar-refractivity contribution < 1.29 is 0 Å². The molecule has 0 spiro atoms. The van der Waals surface area contributed by atoms with Gasteiger partial charge < -0.3 is 5.32 Å². The molecule has 124 valence electrons. The molecule has 4 nitrogen and oxygen atoms in total. The Labute approximate surface area is 145 Å². The lowest BCUT2D eigenvalue weighted by molar-refractivity contribution is 0.630. The van der Waals surface area contributed by atoms with Gasteiger partial charge >= 0.3 is 0 Å². The number of anilines is 2. The zero-order valence-electron chi connectivity index (χ0n) is 14.2. The van der Waals surface area contributed by atoms with Crippen molar-refractivity contribution in [3.05, 3.63) is 88.8 Å². The first kappa shape index (κ1) is 15.3. The lowest BCUT2D eigenvalue weighted by Gasteiger charge is -2.07. The minimum absolute atomic E-state index is 0.0561. The van der Waals surface area contributed by atoms with Gasteiger partial charge in [-0.05, 0) is 42.0 Å². The molecule has 0 saturated heterocycles. The van der Waals surface area contributed by atoms with Crippen molar-refractivity contribution in [1.29, 1.82) is 0 Å². The Morgan fingerprint density at radius 3 is 2.28 bits per heavy atom. The van der Waals surface area contributed by atoms with Crippen molar-refractivity contribution in [2.75, 3.05) is 5.32 Å². The summed E-state index contributed by atoms with van der Waals surface area (Å²) in [7, 11) is 1.90. The molecule has 0 amide bonds. The molecule has 25 heavy (non-hydrogen) atoms. The Bertz CT molecular complexity index is 1110. The lowest BCUT2D eigenvalue weighted by Crippen LogP contribution is -2.20. The van der Waals surface area contributed by atoms with Gasteiger partial charge in [-0.15, -0.1) is 0 Å². The average Bonchev–Trinajstić information content (AvgIpc) is 2.86. The van der Waals surface area contributed by atoms with Crippen LogP contribution in [0.15, 0.2) is 77.6 Å². The molecule has 0 aliphatic heterocycles. The fourth-order valence-corrected chi connectivity index (χ4v) is 3.12. The monoisotopic (exact) mass is 329 g/mol. The molecule has 1 N–H and O–H groups in total. The van der Waals surface area contributed by atoms with Gasteiger partial charge in [-0.1, -0.05) is 48.5 Å². The van der Waals surface area contributed by atoms with Gasteiger partial charge in [0.15, 0.2) is 0 Å². The Hall–Kier alpha value is -3.27. The minimum atomic E-state index is -0.0561. The molecule has 0 fully saturated rings. The van der Waals surface area contributed by atoms with E-state index in [-0.39, 0.29) is 5.56 Å². The van der Waals surface area contributed by atoms with Crippen molar-refractivity contribution >= 4 is 22.1 Å². The Balaban J connectivity index is 1.79.